The van der Waals surface area contributed by atoms with E-state index >= 15 is 0 Å². The lowest BCUT2D eigenvalue weighted by molar-refractivity contribution is -0.124. The number of carbonyl (C=O) groups is 3. The highest BCUT2D eigenvalue weighted by atomic mass is 32.2. The minimum Gasteiger partial charge on any atom is -0.350 e. The Morgan fingerprint density at radius 2 is 1.71 bits per heavy atom. The molecule has 12 heteroatoms. The number of carbonyl (C=O) groups excluding carboxylic acids is 3. The number of hydrogen-bond acceptors (Lipinski definition) is 6. The van der Waals surface area contributed by atoms with Gasteiger partial charge in [0.05, 0.1) is 18.5 Å². The van der Waals surface area contributed by atoms with Crippen LogP contribution in [0.15, 0.2) is 54.9 Å². The van der Waals surface area contributed by atoms with E-state index in [9.17, 15) is 22.8 Å². The Morgan fingerprint density at radius 3 is 2.44 bits per heavy atom. The Bertz CT molecular complexity index is 1600. The molecular formula is C33H44N6O5S. The van der Waals surface area contributed by atoms with Crippen molar-refractivity contribution in [3.63, 3.8) is 0 Å². The third-order valence-electron chi connectivity index (χ3n) is 9.08. The Hall–Kier alpha value is -3.77. The molecule has 0 bridgehead atoms. The van der Waals surface area contributed by atoms with E-state index in [1.165, 1.54) is 29.8 Å². The van der Waals surface area contributed by atoms with Crippen molar-refractivity contribution < 1.29 is 22.8 Å². The van der Waals surface area contributed by atoms with Crippen LogP contribution in [0.5, 0.6) is 0 Å². The van der Waals surface area contributed by atoms with Crippen LogP contribution in [0.1, 0.15) is 97.2 Å². The molecule has 1 aromatic carbocycles. The number of imidazole rings is 1. The molecule has 11 nitrogen and oxygen atoms in total. The molecule has 1 aliphatic heterocycles. The molecule has 3 amide bonds. The fourth-order valence-electron chi connectivity index (χ4n) is 6.43. The van der Waals surface area contributed by atoms with Gasteiger partial charge in [0.15, 0.2) is 0 Å². The van der Waals surface area contributed by atoms with Gasteiger partial charge in [-0.05, 0) is 68.4 Å². The summed E-state index contributed by atoms with van der Waals surface area (Å²) in [6.07, 6.45) is 13.2. The average molecular weight is 637 g/mol. The van der Waals surface area contributed by atoms with Crippen LogP contribution in [0, 0.1) is 5.92 Å². The quantitative estimate of drug-likeness (QED) is 0.292. The predicted octanol–water partition coefficient (Wildman–Crippen LogP) is 3.82. The van der Waals surface area contributed by atoms with Crippen LogP contribution in [0.4, 0.5) is 0 Å². The van der Waals surface area contributed by atoms with Crippen molar-refractivity contribution in [2.24, 2.45) is 5.92 Å². The van der Waals surface area contributed by atoms with Gasteiger partial charge in [0.25, 0.3) is 11.8 Å². The topological polar surface area (TPSA) is 142 Å². The molecule has 45 heavy (non-hydrogen) atoms. The highest BCUT2D eigenvalue weighted by molar-refractivity contribution is 7.88. The van der Waals surface area contributed by atoms with Gasteiger partial charge >= 0.3 is 0 Å². The third kappa shape index (κ3) is 8.49. The molecule has 3 atom stereocenters. The van der Waals surface area contributed by atoms with E-state index in [0.29, 0.717) is 48.6 Å². The molecule has 3 heterocycles. The van der Waals surface area contributed by atoms with Crippen LogP contribution in [0.2, 0.25) is 0 Å². The van der Waals surface area contributed by atoms with Gasteiger partial charge in [-0.1, -0.05) is 50.3 Å². The first-order valence-electron chi connectivity index (χ1n) is 16.0. The van der Waals surface area contributed by atoms with Crippen LogP contribution in [0.3, 0.4) is 0 Å². The van der Waals surface area contributed by atoms with E-state index in [0.717, 1.165) is 24.8 Å². The van der Waals surface area contributed by atoms with Gasteiger partial charge in [0.1, 0.15) is 17.4 Å². The summed E-state index contributed by atoms with van der Waals surface area (Å²) in [6, 6.07) is 11.2. The number of hydrogen-bond donors (Lipinski definition) is 3. The monoisotopic (exact) mass is 636 g/mol. The Balaban J connectivity index is 1.21. The first-order valence-corrected chi connectivity index (χ1v) is 17.8. The van der Waals surface area contributed by atoms with E-state index in [4.69, 9.17) is 0 Å². The van der Waals surface area contributed by atoms with E-state index in [1.807, 2.05) is 25.1 Å². The summed E-state index contributed by atoms with van der Waals surface area (Å²) >= 11 is 0. The summed E-state index contributed by atoms with van der Waals surface area (Å²) in [5.74, 6) is -0.348. The van der Waals surface area contributed by atoms with Crippen molar-refractivity contribution in [1.82, 2.24) is 29.6 Å². The van der Waals surface area contributed by atoms with Crippen molar-refractivity contribution in [2.45, 2.75) is 82.8 Å². The highest BCUT2D eigenvalue weighted by Gasteiger charge is 2.30. The maximum Gasteiger partial charge on any atom is 0.270 e. The lowest BCUT2D eigenvalue weighted by atomic mass is 9.85. The second-order valence-corrected chi connectivity index (χ2v) is 14.4. The fraction of sp³-hybridized carbons (Fsp3) is 0.515. The number of sulfonamides is 1. The number of fused-ring (bicyclic) bond motifs is 1. The number of nitrogens with one attached hydrogen (secondary N) is 3. The van der Waals surface area contributed by atoms with Crippen LogP contribution in [-0.2, 0) is 14.8 Å². The molecule has 1 saturated carbocycles. The molecule has 2 unspecified atom stereocenters. The number of benzene rings is 1. The zero-order valence-electron chi connectivity index (χ0n) is 26.1. The van der Waals surface area contributed by atoms with Gasteiger partial charge < -0.3 is 16.0 Å². The summed E-state index contributed by atoms with van der Waals surface area (Å²) in [5.41, 5.74) is 2.36. The largest absolute Gasteiger partial charge is 0.350 e. The van der Waals surface area contributed by atoms with Gasteiger partial charge in [0, 0.05) is 30.9 Å². The number of pyridine rings is 1. The smallest absolute Gasteiger partial charge is 0.270 e. The molecule has 3 N–H and O–H groups in total. The SMILES string of the molecule is CC(NC(=O)c1cnc2ccccn12)c1ccc(C(=O)N[C@H](CCC2CCCCC2)C(=O)NC2CCCN(S(C)(=O)=O)C2)cc1. The minimum absolute atomic E-state index is 0.237. The highest BCUT2D eigenvalue weighted by Crippen LogP contribution is 2.28. The van der Waals surface area contributed by atoms with Crippen LogP contribution in [-0.4, -0.2) is 71.3 Å². The van der Waals surface area contributed by atoms with Gasteiger partial charge in [-0.25, -0.2) is 17.7 Å². The van der Waals surface area contributed by atoms with Crippen molar-refractivity contribution in [3.8, 4) is 0 Å². The second-order valence-electron chi connectivity index (χ2n) is 12.5. The van der Waals surface area contributed by atoms with Crippen molar-refractivity contribution in [2.75, 3.05) is 19.3 Å². The number of piperidine rings is 1. The first-order chi connectivity index (χ1) is 21.6. The van der Waals surface area contributed by atoms with Gasteiger partial charge in [-0.3, -0.25) is 18.8 Å². The summed E-state index contributed by atoms with van der Waals surface area (Å²) in [5, 5.41) is 8.97. The van der Waals surface area contributed by atoms with Crippen molar-refractivity contribution in [3.05, 3.63) is 71.7 Å². The second kappa shape index (κ2) is 14.6. The molecule has 2 fully saturated rings. The molecule has 0 radical (unpaired) electrons. The number of aromatic nitrogens is 2. The maximum atomic E-state index is 13.5. The molecule has 3 aromatic rings. The van der Waals surface area contributed by atoms with Crippen LogP contribution >= 0.6 is 0 Å². The van der Waals surface area contributed by atoms with Crippen molar-refractivity contribution >= 4 is 33.4 Å². The average Bonchev–Trinajstić information content (AvgIpc) is 3.47. The predicted molar refractivity (Wildman–Crippen MR) is 172 cm³/mol. The zero-order valence-corrected chi connectivity index (χ0v) is 26.9. The number of rotatable bonds is 11. The van der Waals surface area contributed by atoms with Gasteiger partial charge in [0.2, 0.25) is 15.9 Å². The Morgan fingerprint density at radius 1 is 0.956 bits per heavy atom. The minimum atomic E-state index is -3.35. The molecule has 5 rings (SSSR count). The van der Waals surface area contributed by atoms with Crippen LogP contribution in [0.25, 0.3) is 5.65 Å². The molecule has 242 valence electrons. The Labute approximate surface area is 265 Å². The lowest BCUT2D eigenvalue weighted by Crippen LogP contribution is -2.54. The fourth-order valence-corrected chi connectivity index (χ4v) is 7.34. The van der Waals surface area contributed by atoms with Gasteiger partial charge in [-0.2, -0.15) is 0 Å². The molecule has 1 aliphatic carbocycles. The molecular weight excluding hydrogens is 592 g/mol. The molecule has 0 spiro atoms. The Kier molecular flexibility index (Phi) is 10.5. The number of amides is 3. The van der Waals surface area contributed by atoms with E-state index in [1.54, 1.807) is 41.1 Å². The van der Waals surface area contributed by atoms with E-state index in [2.05, 4.69) is 20.9 Å². The summed E-state index contributed by atoms with van der Waals surface area (Å²) in [4.78, 5) is 44.1. The normalized spacial score (nSPS) is 19.5. The van der Waals surface area contributed by atoms with E-state index < -0.39 is 16.1 Å². The summed E-state index contributed by atoms with van der Waals surface area (Å²) < 4.78 is 27.3. The molecule has 2 aliphatic rings. The molecule has 2 aromatic heterocycles. The van der Waals surface area contributed by atoms with Crippen molar-refractivity contribution in [1.29, 1.82) is 0 Å². The summed E-state index contributed by atoms with van der Waals surface area (Å²) in [6.45, 7) is 2.56. The van der Waals surface area contributed by atoms with Gasteiger partial charge in [-0.15, -0.1) is 0 Å². The maximum absolute atomic E-state index is 13.5. The third-order valence-corrected chi connectivity index (χ3v) is 10.3. The number of nitrogens with zero attached hydrogens (tertiary/aromatic N) is 3. The first kappa shape index (κ1) is 32.6. The molecule has 1 saturated heterocycles. The standard InChI is InChI=1S/C33H44N6O5S/c1-23(35-33(42)29-21-34-30-12-6-7-20-39(29)30)25-14-16-26(17-15-25)31(40)37-28(18-13-24-9-4-3-5-10-24)32(41)36-27-11-8-19-38(22-27)45(2,43)44/h6-7,12,14-17,20-21,23-24,27-28H,3-5,8-11,13,18-19,22H2,1-2H3,(H,35,42)(H,36,41)(H,37,40)/t23?,27?,28-/m1/s1. The van der Waals surface area contributed by atoms with E-state index in [-0.39, 0.29) is 36.3 Å². The zero-order chi connectivity index (χ0) is 32.0. The summed E-state index contributed by atoms with van der Waals surface area (Å²) in [7, 11) is -3.35. The van der Waals surface area contributed by atoms with Crippen LogP contribution < -0.4 is 16.0 Å². The lowest BCUT2D eigenvalue weighted by Gasteiger charge is -2.32.